The van der Waals surface area contributed by atoms with Gasteiger partial charge in [-0.1, -0.05) is 13.5 Å². The van der Waals surface area contributed by atoms with E-state index < -0.39 is 6.10 Å². The van der Waals surface area contributed by atoms with Crippen LogP contribution in [0.15, 0.2) is 12.2 Å². The lowest BCUT2D eigenvalue weighted by molar-refractivity contribution is -0.191. The summed E-state index contributed by atoms with van der Waals surface area (Å²) in [6.07, 6.45) is 3.43. The Morgan fingerprint density at radius 1 is 1.29 bits per heavy atom. The van der Waals surface area contributed by atoms with Crippen LogP contribution < -0.4 is 5.32 Å². The first-order valence-electron chi connectivity index (χ1n) is 9.68. The first kappa shape index (κ1) is 14.5. The molecule has 5 aliphatic carbocycles. The first-order valence-corrected chi connectivity index (χ1v) is 9.68. The molecule has 0 amide bonds. The number of ketones is 1. The van der Waals surface area contributed by atoms with E-state index >= 15 is 0 Å². The van der Waals surface area contributed by atoms with Gasteiger partial charge in [0.15, 0.2) is 0 Å². The molecule has 7 bridgehead atoms. The van der Waals surface area contributed by atoms with Crippen molar-refractivity contribution in [1.82, 2.24) is 5.32 Å². The molecule has 6 aliphatic rings. The van der Waals surface area contributed by atoms with Gasteiger partial charge in [0, 0.05) is 35.8 Å². The molecule has 4 heteroatoms. The van der Waals surface area contributed by atoms with Gasteiger partial charge in [-0.15, -0.1) is 0 Å². The van der Waals surface area contributed by atoms with Crippen LogP contribution in [0.2, 0.25) is 0 Å². The topological polar surface area (TPSA) is 69.6 Å². The summed E-state index contributed by atoms with van der Waals surface area (Å²) < 4.78 is 0. The minimum atomic E-state index is -0.563. The second-order valence-electron chi connectivity index (χ2n) is 10.0. The number of Topliss-reactive ketones (excluding diaryl/α,β-unsaturated/α-hetero) is 1. The number of aliphatic hydroxyl groups excluding tert-OH is 2. The minimum Gasteiger partial charge on any atom is -0.392 e. The van der Waals surface area contributed by atoms with Crippen molar-refractivity contribution in [3.8, 4) is 0 Å². The molecule has 5 saturated carbocycles. The number of nitrogens with one attached hydrogen (secondary N) is 1. The molecule has 1 heterocycles. The van der Waals surface area contributed by atoms with Crippen LogP contribution in [0.25, 0.3) is 0 Å². The van der Waals surface area contributed by atoms with Crippen LogP contribution in [0.5, 0.6) is 0 Å². The van der Waals surface area contributed by atoms with E-state index in [-0.39, 0.29) is 46.0 Å². The van der Waals surface area contributed by atoms with Gasteiger partial charge in [-0.25, -0.2) is 0 Å². The number of fused-ring (bicyclic) bond motifs is 1. The van der Waals surface area contributed by atoms with Gasteiger partial charge in [0.1, 0.15) is 5.78 Å². The highest BCUT2D eigenvalue weighted by molar-refractivity contribution is 5.87. The molecular formula is C20H27NO3. The molecule has 24 heavy (non-hydrogen) atoms. The maximum Gasteiger partial charge on any atom is 0.140 e. The second-order valence-corrected chi connectivity index (χ2v) is 10.0. The molecule has 0 aromatic rings. The van der Waals surface area contributed by atoms with Crippen molar-refractivity contribution in [3.63, 3.8) is 0 Å². The van der Waals surface area contributed by atoms with E-state index in [1.54, 1.807) is 0 Å². The zero-order valence-electron chi connectivity index (χ0n) is 14.3. The van der Waals surface area contributed by atoms with Crippen LogP contribution in [0.1, 0.15) is 39.0 Å². The Hall–Kier alpha value is -0.710. The maximum absolute atomic E-state index is 12.8. The average Bonchev–Trinajstić information content (AvgIpc) is 3.05. The second kappa shape index (κ2) is 3.84. The average molecular weight is 329 g/mol. The summed E-state index contributed by atoms with van der Waals surface area (Å²) in [4.78, 5) is 12.8. The number of carbonyl (C=O) groups excluding carboxylic acids is 1. The van der Waals surface area contributed by atoms with Crippen LogP contribution in [0.4, 0.5) is 0 Å². The summed E-state index contributed by atoms with van der Waals surface area (Å²) in [5, 5.41) is 26.2. The van der Waals surface area contributed by atoms with E-state index in [4.69, 9.17) is 0 Å². The SMILES string of the molecule is C=C1[C@H]2C[C@]3([C@@H]1O)[C@H]1C[C@@H]4[C@@]5(C)CC[C@H](O)[C@@]4([C@H]1NC5)[C@H]3CC2=O. The van der Waals surface area contributed by atoms with Crippen molar-refractivity contribution in [1.29, 1.82) is 0 Å². The Morgan fingerprint density at radius 2 is 2.08 bits per heavy atom. The minimum absolute atomic E-state index is 0.124. The molecule has 1 aliphatic heterocycles. The van der Waals surface area contributed by atoms with Gasteiger partial charge in [-0.2, -0.15) is 0 Å². The molecule has 3 N–H and O–H groups in total. The van der Waals surface area contributed by atoms with Crippen molar-refractivity contribution >= 4 is 5.78 Å². The van der Waals surface area contributed by atoms with Crippen molar-refractivity contribution in [2.75, 3.05) is 6.54 Å². The van der Waals surface area contributed by atoms with Crippen LogP contribution >= 0.6 is 0 Å². The van der Waals surface area contributed by atoms with Crippen molar-refractivity contribution < 1.29 is 15.0 Å². The molecule has 10 atom stereocenters. The molecular weight excluding hydrogens is 302 g/mol. The fourth-order valence-corrected chi connectivity index (χ4v) is 9.05. The monoisotopic (exact) mass is 329 g/mol. The van der Waals surface area contributed by atoms with Gasteiger partial charge in [0.05, 0.1) is 12.2 Å². The highest BCUT2D eigenvalue weighted by atomic mass is 16.3. The number of piperidine rings is 1. The summed E-state index contributed by atoms with van der Waals surface area (Å²) in [7, 11) is 0. The zero-order chi connectivity index (χ0) is 16.6. The Bertz CT molecular complexity index is 690. The molecule has 1 saturated heterocycles. The molecule has 0 radical (unpaired) electrons. The van der Waals surface area contributed by atoms with E-state index in [1.165, 1.54) is 0 Å². The fraction of sp³-hybridized carbons (Fsp3) is 0.850. The molecule has 4 nitrogen and oxygen atoms in total. The van der Waals surface area contributed by atoms with Crippen molar-refractivity contribution in [2.45, 2.75) is 57.3 Å². The van der Waals surface area contributed by atoms with E-state index in [0.717, 1.165) is 37.8 Å². The third-order valence-corrected chi connectivity index (χ3v) is 9.77. The normalized spacial score (nSPS) is 66.0. The molecule has 6 fully saturated rings. The first-order chi connectivity index (χ1) is 11.4. The quantitative estimate of drug-likeness (QED) is 0.586. The zero-order valence-corrected chi connectivity index (χ0v) is 14.3. The lowest BCUT2D eigenvalue weighted by atomic mass is 9.43. The Kier molecular flexibility index (Phi) is 2.31. The molecule has 0 aromatic heterocycles. The van der Waals surface area contributed by atoms with Gasteiger partial charge in [0.25, 0.3) is 0 Å². The van der Waals surface area contributed by atoms with Crippen molar-refractivity contribution in [3.05, 3.63) is 12.2 Å². The van der Waals surface area contributed by atoms with Gasteiger partial charge in [-0.3, -0.25) is 4.79 Å². The Labute approximate surface area is 142 Å². The van der Waals surface area contributed by atoms with Crippen LogP contribution in [0.3, 0.4) is 0 Å². The van der Waals surface area contributed by atoms with Crippen LogP contribution in [0, 0.1) is 39.9 Å². The largest absolute Gasteiger partial charge is 0.392 e. The summed E-state index contributed by atoms with van der Waals surface area (Å²) in [6.45, 7) is 7.50. The number of carbonyl (C=O) groups is 1. The maximum atomic E-state index is 12.8. The fourth-order valence-electron chi connectivity index (χ4n) is 9.05. The summed E-state index contributed by atoms with van der Waals surface area (Å²) >= 11 is 0. The molecule has 0 unspecified atom stereocenters. The Morgan fingerprint density at radius 3 is 2.88 bits per heavy atom. The van der Waals surface area contributed by atoms with Crippen LogP contribution in [-0.4, -0.2) is 40.8 Å². The van der Waals surface area contributed by atoms with Gasteiger partial charge in [-0.05, 0) is 54.4 Å². The molecule has 130 valence electrons. The predicted molar refractivity (Wildman–Crippen MR) is 88.0 cm³/mol. The molecule has 2 spiro atoms. The molecule has 0 aromatic carbocycles. The summed E-state index contributed by atoms with van der Waals surface area (Å²) in [5.74, 6) is 1.12. The van der Waals surface area contributed by atoms with E-state index in [1.807, 2.05) is 0 Å². The van der Waals surface area contributed by atoms with E-state index in [0.29, 0.717) is 18.3 Å². The number of rotatable bonds is 0. The number of hydrogen-bond acceptors (Lipinski definition) is 4. The standard InChI is InChI=1S/C20H27NO3/c1-9-10-7-19(17(9)24)11-5-13-18(2)4-3-15(23)20(13,16(11)21-8-18)14(19)6-12(10)22/h10-11,13-17,21,23-24H,1,3-8H2,2H3/t10-,11+,13-,14+,15+,16+,17-,18+,19+,20+/m1/s1. The Balaban J connectivity index is 1.61. The van der Waals surface area contributed by atoms with Crippen molar-refractivity contribution in [2.24, 2.45) is 39.9 Å². The number of aliphatic hydroxyl groups is 2. The van der Waals surface area contributed by atoms with Gasteiger partial charge < -0.3 is 15.5 Å². The lowest BCUT2D eigenvalue weighted by Gasteiger charge is -2.63. The smallest absolute Gasteiger partial charge is 0.140 e. The van der Waals surface area contributed by atoms with Crippen LogP contribution in [-0.2, 0) is 4.79 Å². The highest BCUT2D eigenvalue weighted by Crippen LogP contribution is 2.81. The van der Waals surface area contributed by atoms with E-state index in [9.17, 15) is 15.0 Å². The molecule has 6 rings (SSSR count). The summed E-state index contributed by atoms with van der Waals surface area (Å²) in [5.41, 5.74) is 0.566. The lowest BCUT2D eigenvalue weighted by Crippen LogP contribution is -2.67. The van der Waals surface area contributed by atoms with Gasteiger partial charge in [0.2, 0.25) is 0 Å². The van der Waals surface area contributed by atoms with Gasteiger partial charge >= 0.3 is 0 Å². The highest BCUT2D eigenvalue weighted by Gasteiger charge is 2.84. The number of hydrogen-bond donors (Lipinski definition) is 3. The summed E-state index contributed by atoms with van der Waals surface area (Å²) in [6, 6.07) is 0.267. The third-order valence-electron chi connectivity index (χ3n) is 9.77. The predicted octanol–water partition coefficient (Wildman–Crippen LogP) is 1.27. The third kappa shape index (κ3) is 1.12. The van der Waals surface area contributed by atoms with E-state index in [2.05, 4.69) is 18.8 Å².